The molecule has 1 fully saturated rings. The fourth-order valence-corrected chi connectivity index (χ4v) is 2.69. The third kappa shape index (κ3) is 3.93. The Labute approximate surface area is 152 Å². The number of carbonyl (C=O) groups is 1. The zero-order valence-electron chi connectivity index (χ0n) is 14.3. The van der Waals surface area contributed by atoms with E-state index in [1.54, 1.807) is 41.3 Å². The van der Waals surface area contributed by atoms with Gasteiger partial charge in [0, 0.05) is 0 Å². The second-order valence-electron chi connectivity index (χ2n) is 6.19. The molecule has 6 heteroatoms. The average molecular weight is 346 g/mol. The molecule has 0 aliphatic carbocycles. The Morgan fingerprint density at radius 2 is 1.62 bits per heavy atom. The highest BCUT2D eigenvalue weighted by atomic mass is 16.5. The van der Waals surface area contributed by atoms with Crippen molar-refractivity contribution in [1.29, 1.82) is 10.5 Å². The molecule has 1 atom stereocenters. The number of nitrogens with zero attached hydrogens (tertiary/aromatic N) is 3. The third-order valence-corrected chi connectivity index (χ3v) is 4.30. The van der Waals surface area contributed by atoms with Crippen LogP contribution in [0.5, 0.6) is 5.75 Å². The molecule has 1 aliphatic heterocycles. The minimum absolute atomic E-state index is 0.0427. The van der Waals surface area contributed by atoms with E-state index in [9.17, 15) is 4.79 Å². The van der Waals surface area contributed by atoms with Gasteiger partial charge >= 0.3 is 6.03 Å². The van der Waals surface area contributed by atoms with Crippen LogP contribution in [0.4, 0.5) is 4.79 Å². The Balaban J connectivity index is 1.46. The van der Waals surface area contributed by atoms with E-state index in [-0.39, 0.29) is 18.2 Å². The zero-order chi connectivity index (χ0) is 18.5. The highest BCUT2D eigenvalue weighted by Crippen LogP contribution is 2.20. The normalized spacial score (nSPS) is 14.5. The van der Waals surface area contributed by atoms with E-state index in [2.05, 4.69) is 17.5 Å². The first-order valence-electron chi connectivity index (χ1n) is 8.31. The van der Waals surface area contributed by atoms with Crippen molar-refractivity contribution in [3.05, 3.63) is 65.2 Å². The van der Waals surface area contributed by atoms with Crippen molar-refractivity contribution in [2.45, 2.75) is 19.1 Å². The van der Waals surface area contributed by atoms with Crippen molar-refractivity contribution in [3.8, 4) is 17.9 Å². The predicted molar refractivity (Wildman–Crippen MR) is 95.2 cm³/mol. The molecule has 1 aliphatic rings. The first-order chi connectivity index (χ1) is 12.6. The van der Waals surface area contributed by atoms with Crippen molar-refractivity contribution >= 4 is 6.03 Å². The van der Waals surface area contributed by atoms with Crippen LogP contribution in [-0.4, -0.2) is 30.1 Å². The van der Waals surface area contributed by atoms with Gasteiger partial charge in [-0.1, -0.05) is 12.1 Å². The van der Waals surface area contributed by atoms with Crippen molar-refractivity contribution in [2.24, 2.45) is 0 Å². The maximum atomic E-state index is 12.3. The van der Waals surface area contributed by atoms with Crippen LogP contribution in [0.2, 0.25) is 0 Å². The fourth-order valence-electron chi connectivity index (χ4n) is 2.69. The van der Waals surface area contributed by atoms with Crippen molar-refractivity contribution in [3.63, 3.8) is 0 Å². The third-order valence-electron chi connectivity index (χ3n) is 4.30. The van der Waals surface area contributed by atoms with Gasteiger partial charge in [-0.05, 0) is 48.9 Å². The number of rotatable bonds is 4. The minimum atomic E-state index is -0.145. The molecule has 0 unspecified atom stereocenters. The van der Waals surface area contributed by atoms with E-state index < -0.39 is 0 Å². The molecule has 6 nitrogen and oxygen atoms in total. The lowest BCUT2D eigenvalue weighted by molar-refractivity contribution is 0.0436. The van der Waals surface area contributed by atoms with Gasteiger partial charge in [-0.25, -0.2) is 4.79 Å². The van der Waals surface area contributed by atoms with Gasteiger partial charge in [-0.15, -0.1) is 0 Å². The summed E-state index contributed by atoms with van der Waals surface area (Å²) < 4.78 is 5.78. The maximum absolute atomic E-state index is 12.3. The number of nitrogens with one attached hydrogen (secondary N) is 1. The van der Waals surface area contributed by atoms with Gasteiger partial charge in [-0.2, -0.15) is 10.5 Å². The highest BCUT2D eigenvalue weighted by Gasteiger charge is 2.32. The topological polar surface area (TPSA) is 89.2 Å². The van der Waals surface area contributed by atoms with Gasteiger partial charge < -0.3 is 15.0 Å². The fraction of sp³-hybridized carbons (Fsp3) is 0.250. The molecule has 2 aromatic carbocycles. The number of likely N-dealkylation sites (tertiary alicyclic amines) is 1. The molecule has 26 heavy (non-hydrogen) atoms. The number of ether oxygens (including phenoxy) is 1. The van der Waals surface area contributed by atoms with Crippen LogP contribution >= 0.6 is 0 Å². The first kappa shape index (κ1) is 17.3. The summed E-state index contributed by atoms with van der Waals surface area (Å²) in [4.78, 5) is 14.0. The SMILES string of the molecule is C[C@@H](NC(=O)N1CC(Oc2ccc(C#N)cc2)C1)c1ccc(C#N)cc1. The van der Waals surface area contributed by atoms with Crippen LogP contribution in [0.3, 0.4) is 0 Å². The quantitative estimate of drug-likeness (QED) is 0.922. The van der Waals surface area contributed by atoms with Gasteiger partial charge in [0.15, 0.2) is 0 Å². The van der Waals surface area contributed by atoms with Gasteiger partial charge in [0.2, 0.25) is 0 Å². The smallest absolute Gasteiger partial charge is 0.318 e. The zero-order valence-corrected chi connectivity index (χ0v) is 14.3. The van der Waals surface area contributed by atoms with Crippen LogP contribution in [0.15, 0.2) is 48.5 Å². The summed E-state index contributed by atoms with van der Waals surface area (Å²) in [6, 6.07) is 18.0. The molecule has 0 radical (unpaired) electrons. The summed E-state index contributed by atoms with van der Waals surface area (Å²) in [6.45, 7) is 2.95. The lowest BCUT2D eigenvalue weighted by atomic mass is 10.1. The molecule has 1 heterocycles. The largest absolute Gasteiger partial charge is 0.487 e. The van der Waals surface area contributed by atoms with Gasteiger partial charge in [-0.3, -0.25) is 0 Å². The Morgan fingerprint density at radius 1 is 1.08 bits per heavy atom. The molecule has 0 aromatic heterocycles. The molecular formula is C20H18N4O2. The summed E-state index contributed by atoms with van der Waals surface area (Å²) in [6.07, 6.45) is -0.0427. The monoisotopic (exact) mass is 346 g/mol. The number of urea groups is 1. The molecule has 3 rings (SSSR count). The van der Waals surface area contributed by atoms with Crippen LogP contribution < -0.4 is 10.1 Å². The van der Waals surface area contributed by atoms with Gasteiger partial charge in [0.1, 0.15) is 11.9 Å². The van der Waals surface area contributed by atoms with Crippen LogP contribution in [0, 0.1) is 22.7 Å². The summed E-state index contributed by atoms with van der Waals surface area (Å²) in [5.74, 6) is 0.694. The number of hydrogen-bond acceptors (Lipinski definition) is 4. The summed E-state index contributed by atoms with van der Waals surface area (Å²) >= 11 is 0. The van der Waals surface area contributed by atoms with E-state index in [0.717, 1.165) is 5.56 Å². The summed E-state index contributed by atoms with van der Waals surface area (Å²) in [5, 5.41) is 20.6. The van der Waals surface area contributed by atoms with Gasteiger partial charge in [0.25, 0.3) is 0 Å². The Bertz CT molecular complexity index is 857. The standard InChI is InChI=1S/C20H18N4O2/c1-14(17-6-2-15(10-21)3-7-17)23-20(25)24-12-19(13-24)26-18-8-4-16(11-22)5-9-18/h2-9,14,19H,12-13H2,1H3,(H,23,25)/t14-/m1/s1. The molecule has 130 valence electrons. The van der Waals surface area contributed by atoms with E-state index in [1.807, 2.05) is 19.1 Å². The average Bonchev–Trinajstić information content (AvgIpc) is 2.64. The van der Waals surface area contributed by atoms with E-state index in [4.69, 9.17) is 15.3 Å². The number of carbonyl (C=O) groups excluding carboxylic acids is 1. The summed E-state index contributed by atoms with van der Waals surface area (Å²) in [7, 11) is 0. The lowest BCUT2D eigenvalue weighted by Gasteiger charge is -2.39. The predicted octanol–water partition coefficient (Wildman–Crippen LogP) is 2.96. The number of nitriles is 2. The Hall–Kier alpha value is -3.51. The number of amides is 2. The Morgan fingerprint density at radius 3 is 2.15 bits per heavy atom. The van der Waals surface area contributed by atoms with Crippen LogP contribution in [-0.2, 0) is 0 Å². The molecule has 1 N–H and O–H groups in total. The van der Waals surface area contributed by atoms with E-state index in [0.29, 0.717) is 30.0 Å². The van der Waals surface area contributed by atoms with Gasteiger partial charge in [0.05, 0.1) is 42.4 Å². The second kappa shape index (κ2) is 7.58. The van der Waals surface area contributed by atoms with Crippen molar-refractivity contribution < 1.29 is 9.53 Å². The van der Waals surface area contributed by atoms with Crippen molar-refractivity contribution in [1.82, 2.24) is 10.2 Å². The maximum Gasteiger partial charge on any atom is 0.318 e. The van der Waals surface area contributed by atoms with Crippen molar-refractivity contribution in [2.75, 3.05) is 13.1 Å². The molecule has 0 saturated carbocycles. The van der Waals surface area contributed by atoms with Crippen LogP contribution in [0.1, 0.15) is 29.7 Å². The molecule has 2 aromatic rings. The number of benzene rings is 2. The molecule has 0 spiro atoms. The second-order valence-corrected chi connectivity index (χ2v) is 6.19. The Kier molecular flexibility index (Phi) is 5.05. The molecular weight excluding hydrogens is 328 g/mol. The summed E-state index contributed by atoms with van der Waals surface area (Å²) in [5.41, 5.74) is 2.13. The molecule has 0 bridgehead atoms. The molecule has 2 amide bonds. The number of hydrogen-bond donors (Lipinski definition) is 1. The lowest BCUT2D eigenvalue weighted by Crippen LogP contribution is -2.59. The van der Waals surface area contributed by atoms with E-state index >= 15 is 0 Å². The molecule has 1 saturated heterocycles. The van der Waals surface area contributed by atoms with Crippen LogP contribution in [0.25, 0.3) is 0 Å². The minimum Gasteiger partial charge on any atom is -0.487 e. The first-order valence-corrected chi connectivity index (χ1v) is 8.31. The van der Waals surface area contributed by atoms with E-state index in [1.165, 1.54) is 0 Å². The highest BCUT2D eigenvalue weighted by molar-refractivity contribution is 5.75.